The predicted octanol–water partition coefficient (Wildman–Crippen LogP) is 5.43. The van der Waals surface area contributed by atoms with Gasteiger partial charge in [-0.15, -0.1) is 0 Å². The Balaban J connectivity index is 1.73. The molecule has 0 saturated carbocycles. The Hall–Kier alpha value is -2.13. The van der Waals surface area contributed by atoms with Crippen LogP contribution in [0, 0.1) is 5.41 Å². The van der Waals surface area contributed by atoms with Crippen LogP contribution < -0.4 is 5.50 Å². The normalized spacial score (nSPS) is 18.3. The molecular formula is C22H23O4P. The SMILES string of the molecule is CC1(C)COP(=O)(c2cc(-c3ccccc3)c(Cc3ccccc3)o2)OC1. The van der Waals surface area contributed by atoms with Crippen molar-refractivity contribution in [3.8, 4) is 11.1 Å². The van der Waals surface area contributed by atoms with E-state index in [1.54, 1.807) is 0 Å². The lowest BCUT2D eigenvalue weighted by Crippen LogP contribution is -2.31. The van der Waals surface area contributed by atoms with E-state index >= 15 is 0 Å². The fraction of sp³-hybridized carbons (Fsp3) is 0.273. The molecule has 1 fully saturated rings. The van der Waals surface area contributed by atoms with Gasteiger partial charge in [-0.2, -0.15) is 0 Å². The van der Waals surface area contributed by atoms with Crippen molar-refractivity contribution in [1.82, 2.24) is 0 Å². The lowest BCUT2D eigenvalue weighted by Gasteiger charge is -2.32. The van der Waals surface area contributed by atoms with E-state index in [9.17, 15) is 4.57 Å². The number of rotatable bonds is 4. The third kappa shape index (κ3) is 3.93. The van der Waals surface area contributed by atoms with Crippen LogP contribution >= 0.6 is 7.60 Å². The Morgan fingerprint density at radius 3 is 2.15 bits per heavy atom. The van der Waals surface area contributed by atoms with Crippen LogP contribution in [0.15, 0.2) is 71.1 Å². The Kier molecular flexibility index (Phi) is 4.81. The number of hydrogen-bond acceptors (Lipinski definition) is 4. The largest absolute Gasteiger partial charge is 0.452 e. The van der Waals surface area contributed by atoms with Gasteiger partial charge in [-0.1, -0.05) is 74.5 Å². The minimum Gasteiger partial charge on any atom is -0.452 e. The molecule has 0 atom stereocenters. The Morgan fingerprint density at radius 1 is 0.926 bits per heavy atom. The minimum absolute atomic E-state index is 0.157. The van der Waals surface area contributed by atoms with Gasteiger partial charge in [-0.3, -0.25) is 4.57 Å². The fourth-order valence-electron chi connectivity index (χ4n) is 3.05. The molecule has 0 N–H and O–H groups in total. The van der Waals surface area contributed by atoms with Crippen molar-refractivity contribution < 1.29 is 18.0 Å². The minimum atomic E-state index is -3.44. The summed E-state index contributed by atoms with van der Waals surface area (Å²) in [4.78, 5) is 0. The van der Waals surface area contributed by atoms with E-state index in [1.165, 1.54) is 0 Å². The molecule has 4 rings (SSSR count). The summed E-state index contributed by atoms with van der Waals surface area (Å²) in [6, 6.07) is 21.9. The lowest BCUT2D eigenvalue weighted by atomic mass is 9.97. The summed E-state index contributed by atoms with van der Waals surface area (Å²) in [6.45, 7) is 4.79. The molecule has 1 aliphatic heterocycles. The third-order valence-electron chi connectivity index (χ3n) is 4.61. The van der Waals surface area contributed by atoms with Crippen molar-refractivity contribution in [3.05, 3.63) is 78.1 Å². The zero-order valence-corrected chi connectivity index (χ0v) is 16.4. The van der Waals surface area contributed by atoms with Gasteiger partial charge in [0.1, 0.15) is 5.76 Å². The van der Waals surface area contributed by atoms with E-state index < -0.39 is 7.60 Å². The van der Waals surface area contributed by atoms with Gasteiger partial charge < -0.3 is 13.5 Å². The molecule has 1 aromatic heterocycles. The van der Waals surface area contributed by atoms with Crippen LogP contribution in [0.4, 0.5) is 0 Å². The van der Waals surface area contributed by atoms with E-state index in [1.807, 2.05) is 68.4 Å². The zero-order chi connectivity index (χ0) is 18.9. The van der Waals surface area contributed by atoms with Crippen molar-refractivity contribution >= 4 is 13.1 Å². The second-order valence-electron chi connectivity index (χ2n) is 7.66. The highest BCUT2D eigenvalue weighted by Gasteiger charge is 2.41. The summed E-state index contributed by atoms with van der Waals surface area (Å²) >= 11 is 0. The van der Waals surface area contributed by atoms with E-state index in [0.717, 1.165) is 22.5 Å². The van der Waals surface area contributed by atoms with Crippen LogP contribution in [0.25, 0.3) is 11.1 Å². The first-order valence-electron chi connectivity index (χ1n) is 9.07. The van der Waals surface area contributed by atoms with E-state index in [-0.39, 0.29) is 10.9 Å². The van der Waals surface area contributed by atoms with Gasteiger partial charge in [0.05, 0.1) is 13.2 Å². The van der Waals surface area contributed by atoms with Gasteiger partial charge in [-0.05, 0) is 11.1 Å². The van der Waals surface area contributed by atoms with Gasteiger partial charge in [0.2, 0.25) is 5.50 Å². The first-order chi connectivity index (χ1) is 13.0. The Morgan fingerprint density at radius 2 is 1.52 bits per heavy atom. The lowest BCUT2D eigenvalue weighted by molar-refractivity contribution is 0.0447. The van der Waals surface area contributed by atoms with Crippen LogP contribution in [0.1, 0.15) is 25.2 Å². The molecule has 2 aromatic carbocycles. The molecule has 5 heteroatoms. The summed E-state index contributed by atoms with van der Waals surface area (Å²) in [5.74, 6) is 0.759. The molecule has 0 aliphatic carbocycles. The first-order valence-corrected chi connectivity index (χ1v) is 10.6. The van der Waals surface area contributed by atoms with Crippen LogP contribution in [0.3, 0.4) is 0 Å². The van der Waals surface area contributed by atoms with Crippen molar-refractivity contribution in [2.45, 2.75) is 20.3 Å². The molecule has 0 spiro atoms. The second-order valence-corrected chi connectivity index (χ2v) is 9.61. The predicted molar refractivity (Wildman–Crippen MR) is 106 cm³/mol. The third-order valence-corrected chi connectivity index (χ3v) is 6.31. The maximum atomic E-state index is 13.2. The molecule has 140 valence electrons. The average molecular weight is 382 g/mol. The number of benzene rings is 2. The molecule has 0 bridgehead atoms. The van der Waals surface area contributed by atoms with E-state index in [4.69, 9.17) is 13.5 Å². The molecule has 0 radical (unpaired) electrons. The highest BCUT2D eigenvalue weighted by atomic mass is 31.2. The number of hydrogen-bond donors (Lipinski definition) is 0. The first kappa shape index (κ1) is 18.2. The van der Waals surface area contributed by atoms with Crippen molar-refractivity contribution in [3.63, 3.8) is 0 Å². The highest BCUT2D eigenvalue weighted by Crippen LogP contribution is 2.53. The molecule has 27 heavy (non-hydrogen) atoms. The van der Waals surface area contributed by atoms with Crippen LogP contribution in [0.5, 0.6) is 0 Å². The summed E-state index contributed by atoms with van der Waals surface area (Å²) < 4.78 is 30.6. The fourth-order valence-corrected chi connectivity index (χ4v) is 4.93. The number of furan rings is 1. The molecule has 4 nitrogen and oxygen atoms in total. The summed E-state index contributed by atoms with van der Waals surface area (Å²) in [5, 5.41) is 0. The van der Waals surface area contributed by atoms with E-state index in [0.29, 0.717) is 19.6 Å². The van der Waals surface area contributed by atoms with Gasteiger partial charge in [0, 0.05) is 23.5 Å². The Labute approximate surface area is 159 Å². The quantitative estimate of drug-likeness (QED) is 0.565. The van der Waals surface area contributed by atoms with Gasteiger partial charge in [0.25, 0.3) is 0 Å². The van der Waals surface area contributed by atoms with Gasteiger partial charge in [-0.25, -0.2) is 0 Å². The molecule has 1 saturated heterocycles. The molecule has 2 heterocycles. The summed E-state index contributed by atoms with van der Waals surface area (Å²) in [6.07, 6.45) is 0.608. The van der Waals surface area contributed by atoms with E-state index in [2.05, 4.69) is 12.1 Å². The molecule has 0 unspecified atom stereocenters. The molecule has 0 amide bonds. The second kappa shape index (κ2) is 7.12. The highest BCUT2D eigenvalue weighted by molar-refractivity contribution is 7.61. The van der Waals surface area contributed by atoms with Crippen LogP contribution in [-0.4, -0.2) is 13.2 Å². The Bertz CT molecular complexity index is 946. The monoisotopic (exact) mass is 382 g/mol. The topological polar surface area (TPSA) is 48.7 Å². The summed E-state index contributed by atoms with van der Waals surface area (Å²) in [5.41, 5.74) is 3.18. The van der Waals surface area contributed by atoms with Crippen LogP contribution in [-0.2, 0) is 20.0 Å². The van der Waals surface area contributed by atoms with Gasteiger partial charge >= 0.3 is 7.60 Å². The van der Waals surface area contributed by atoms with Crippen molar-refractivity contribution in [2.24, 2.45) is 5.41 Å². The molecule has 1 aliphatic rings. The summed E-state index contributed by atoms with van der Waals surface area (Å²) in [7, 11) is -3.44. The standard InChI is InChI=1S/C22H23O4P/c1-22(2)15-24-27(23,25-16-22)21-14-19(18-11-7-4-8-12-18)20(26-21)13-17-9-5-3-6-10-17/h3-12,14H,13,15-16H2,1-2H3. The zero-order valence-electron chi connectivity index (χ0n) is 15.6. The smallest absolute Gasteiger partial charge is 0.396 e. The van der Waals surface area contributed by atoms with Crippen molar-refractivity contribution in [2.75, 3.05) is 13.2 Å². The average Bonchev–Trinajstić information content (AvgIpc) is 3.11. The molecule has 3 aromatic rings. The van der Waals surface area contributed by atoms with Gasteiger partial charge in [0.15, 0.2) is 0 Å². The van der Waals surface area contributed by atoms with Crippen LogP contribution in [0.2, 0.25) is 0 Å². The maximum Gasteiger partial charge on any atom is 0.396 e. The maximum absolute atomic E-state index is 13.2. The van der Waals surface area contributed by atoms with Crippen molar-refractivity contribution in [1.29, 1.82) is 0 Å². The molecular weight excluding hydrogens is 359 g/mol.